The van der Waals surface area contributed by atoms with Gasteiger partial charge >= 0.3 is 0 Å². The van der Waals surface area contributed by atoms with E-state index < -0.39 is 0 Å². The van der Waals surface area contributed by atoms with E-state index in [-0.39, 0.29) is 5.50 Å². The zero-order valence-corrected chi connectivity index (χ0v) is 19.5. The molecule has 3 aromatic rings. The molecule has 32 heavy (non-hydrogen) atoms. The van der Waals surface area contributed by atoms with Crippen LogP contribution >= 0.6 is 11.8 Å². The lowest BCUT2D eigenvalue weighted by Gasteiger charge is -2.33. The molecule has 2 aliphatic rings. The maximum Gasteiger partial charge on any atom is 0.128 e. The van der Waals surface area contributed by atoms with Crippen LogP contribution in [0.5, 0.6) is 0 Å². The Morgan fingerprint density at radius 2 is 1.75 bits per heavy atom. The topological polar surface area (TPSA) is 56.3 Å². The molecule has 2 saturated heterocycles. The molecule has 4 heterocycles. The third kappa shape index (κ3) is 4.90. The van der Waals surface area contributed by atoms with Crippen LogP contribution in [0.4, 0.5) is 11.6 Å². The molecule has 2 atom stereocenters. The summed E-state index contributed by atoms with van der Waals surface area (Å²) in [6.07, 6.45) is 2.00. The summed E-state index contributed by atoms with van der Waals surface area (Å²) in [7, 11) is 2.18. The Bertz CT molecular complexity index is 1030. The van der Waals surface area contributed by atoms with Crippen LogP contribution in [0.25, 0.3) is 11.1 Å². The molecule has 2 N–H and O–H groups in total. The van der Waals surface area contributed by atoms with Gasteiger partial charge in [-0.15, -0.1) is 11.8 Å². The van der Waals surface area contributed by atoms with Gasteiger partial charge in [-0.2, -0.15) is 0 Å². The second kappa shape index (κ2) is 9.48. The first-order valence-corrected chi connectivity index (χ1v) is 12.3. The van der Waals surface area contributed by atoms with Crippen molar-refractivity contribution in [1.29, 1.82) is 0 Å². The van der Waals surface area contributed by atoms with Gasteiger partial charge < -0.3 is 15.1 Å². The van der Waals surface area contributed by atoms with E-state index in [0.717, 1.165) is 54.8 Å². The number of benzene rings is 1. The standard InChI is InChI=1S/C25H30N6S/c1-18-4-3-5-23(27-18)29-25-28-22(17-32-25)20-8-6-19(7-9-20)21-10-11-24(26-16-21)31-14-12-30(2)13-15-31/h3-11,16,22,25,28H,12-15,17H2,1-2H3,(H,27,29). The number of pyridine rings is 2. The van der Waals surface area contributed by atoms with Crippen molar-refractivity contribution in [2.24, 2.45) is 0 Å². The van der Waals surface area contributed by atoms with E-state index in [9.17, 15) is 0 Å². The first-order valence-electron chi connectivity index (χ1n) is 11.2. The summed E-state index contributed by atoms with van der Waals surface area (Å²) < 4.78 is 0. The van der Waals surface area contributed by atoms with E-state index >= 15 is 0 Å². The maximum absolute atomic E-state index is 4.74. The molecule has 2 unspecified atom stereocenters. The average molecular weight is 447 g/mol. The molecule has 166 valence electrons. The van der Waals surface area contributed by atoms with E-state index in [0.29, 0.717) is 6.04 Å². The van der Waals surface area contributed by atoms with Crippen LogP contribution in [0.1, 0.15) is 17.3 Å². The first-order chi connectivity index (χ1) is 15.6. The van der Waals surface area contributed by atoms with Crippen molar-refractivity contribution in [3.05, 3.63) is 72.1 Å². The molecule has 2 fully saturated rings. The number of likely N-dealkylation sites (N-methyl/N-ethyl adjacent to an activating group) is 1. The monoisotopic (exact) mass is 446 g/mol. The highest BCUT2D eigenvalue weighted by atomic mass is 32.2. The van der Waals surface area contributed by atoms with Crippen molar-refractivity contribution >= 4 is 23.4 Å². The zero-order valence-electron chi connectivity index (χ0n) is 18.7. The summed E-state index contributed by atoms with van der Waals surface area (Å²) in [4.78, 5) is 14.0. The van der Waals surface area contributed by atoms with E-state index in [1.807, 2.05) is 43.1 Å². The molecule has 0 spiro atoms. The summed E-state index contributed by atoms with van der Waals surface area (Å²) in [5.41, 5.74) is 4.87. The van der Waals surface area contributed by atoms with Crippen molar-refractivity contribution in [3.8, 4) is 11.1 Å². The Hall–Kier alpha value is -2.61. The number of aromatic nitrogens is 2. The van der Waals surface area contributed by atoms with Crippen LogP contribution in [-0.2, 0) is 0 Å². The highest BCUT2D eigenvalue weighted by Crippen LogP contribution is 2.31. The fourth-order valence-electron chi connectivity index (χ4n) is 4.19. The van der Waals surface area contributed by atoms with E-state index in [1.54, 1.807) is 0 Å². The van der Waals surface area contributed by atoms with Gasteiger partial charge in [0.1, 0.15) is 17.1 Å². The number of aryl methyl sites for hydroxylation is 1. The minimum Gasteiger partial charge on any atom is -0.354 e. The molecular weight excluding hydrogens is 416 g/mol. The second-order valence-electron chi connectivity index (χ2n) is 8.56. The van der Waals surface area contributed by atoms with Gasteiger partial charge in [0.15, 0.2) is 0 Å². The molecule has 2 aromatic heterocycles. The molecule has 0 aliphatic carbocycles. The molecule has 2 aliphatic heterocycles. The minimum absolute atomic E-state index is 0.167. The molecule has 7 heteroatoms. The number of anilines is 2. The number of thioether (sulfide) groups is 1. The normalized spacial score (nSPS) is 21.6. The van der Waals surface area contributed by atoms with Crippen molar-refractivity contribution in [3.63, 3.8) is 0 Å². The largest absolute Gasteiger partial charge is 0.354 e. The van der Waals surface area contributed by atoms with Gasteiger partial charge in [0.2, 0.25) is 0 Å². The van der Waals surface area contributed by atoms with Crippen LogP contribution < -0.4 is 15.5 Å². The number of nitrogens with zero attached hydrogens (tertiary/aromatic N) is 4. The summed E-state index contributed by atoms with van der Waals surface area (Å²) in [5.74, 6) is 3.02. The molecule has 0 radical (unpaired) electrons. The van der Waals surface area contributed by atoms with Crippen LogP contribution in [0.15, 0.2) is 60.8 Å². The lowest BCUT2D eigenvalue weighted by atomic mass is 10.0. The highest BCUT2D eigenvalue weighted by molar-refractivity contribution is 8.00. The predicted octanol–water partition coefficient (Wildman–Crippen LogP) is 3.98. The summed E-state index contributed by atoms with van der Waals surface area (Å²) in [6.45, 7) is 6.28. The number of hydrogen-bond acceptors (Lipinski definition) is 7. The quantitative estimate of drug-likeness (QED) is 0.615. The van der Waals surface area contributed by atoms with Crippen LogP contribution in [0, 0.1) is 6.92 Å². The number of rotatable bonds is 5. The van der Waals surface area contributed by atoms with Crippen molar-refractivity contribution in [1.82, 2.24) is 20.2 Å². The van der Waals surface area contributed by atoms with Crippen molar-refractivity contribution in [2.45, 2.75) is 18.5 Å². The molecular formula is C25H30N6S. The molecule has 0 saturated carbocycles. The third-order valence-electron chi connectivity index (χ3n) is 6.17. The summed E-state index contributed by atoms with van der Waals surface area (Å²) in [6, 6.07) is 19.6. The van der Waals surface area contributed by atoms with Crippen LogP contribution in [0.2, 0.25) is 0 Å². The first kappa shape index (κ1) is 21.2. The van der Waals surface area contributed by atoms with E-state index in [2.05, 4.69) is 68.9 Å². The van der Waals surface area contributed by atoms with Crippen molar-refractivity contribution in [2.75, 3.05) is 49.2 Å². The average Bonchev–Trinajstić information content (AvgIpc) is 3.28. The smallest absolute Gasteiger partial charge is 0.128 e. The fraction of sp³-hybridized carbons (Fsp3) is 0.360. The van der Waals surface area contributed by atoms with Gasteiger partial charge in [-0.25, -0.2) is 9.97 Å². The molecule has 6 nitrogen and oxygen atoms in total. The summed E-state index contributed by atoms with van der Waals surface area (Å²) >= 11 is 1.88. The van der Waals surface area contributed by atoms with E-state index in [1.165, 1.54) is 11.1 Å². The number of piperazine rings is 1. The maximum atomic E-state index is 4.74. The van der Waals surface area contributed by atoms with E-state index in [4.69, 9.17) is 4.98 Å². The Labute approximate surface area is 194 Å². The molecule has 0 amide bonds. The SMILES string of the molecule is Cc1cccc(NC2NC(c3ccc(-c4ccc(N5CCN(C)CC5)nc4)cc3)CS2)n1. The van der Waals surface area contributed by atoms with Gasteiger partial charge in [-0.3, -0.25) is 5.32 Å². The molecule has 5 rings (SSSR count). The van der Waals surface area contributed by atoms with Crippen LogP contribution in [0.3, 0.4) is 0 Å². The predicted molar refractivity (Wildman–Crippen MR) is 134 cm³/mol. The van der Waals surface area contributed by atoms with Gasteiger partial charge in [0.25, 0.3) is 0 Å². The Kier molecular flexibility index (Phi) is 6.30. The zero-order chi connectivity index (χ0) is 21.9. The van der Waals surface area contributed by atoms with Gasteiger partial charge in [-0.05, 0) is 49.4 Å². The van der Waals surface area contributed by atoms with Crippen LogP contribution in [-0.4, -0.2) is 59.3 Å². The number of hydrogen-bond donors (Lipinski definition) is 2. The Balaban J connectivity index is 1.20. The number of nitrogens with one attached hydrogen (secondary N) is 2. The molecule has 0 bridgehead atoms. The Morgan fingerprint density at radius 1 is 0.969 bits per heavy atom. The lowest BCUT2D eigenvalue weighted by Crippen LogP contribution is -2.44. The van der Waals surface area contributed by atoms with Gasteiger partial charge in [0, 0.05) is 55.4 Å². The molecule has 1 aromatic carbocycles. The highest BCUT2D eigenvalue weighted by Gasteiger charge is 2.25. The fourth-order valence-corrected chi connectivity index (χ4v) is 5.33. The van der Waals surface area contributed by atoms with Crippen molar-refractivity contribution < 1.29 is 0 Å². The van der Waals surface area contributed by atoms with Gasteiger partial charge in [0.05, 0.1) is 0 Å². The second-order valence-corrected chi connectivity index (χ2v) is 9.70. The minimum atomic E-state index is 0.167. The van der Waals surface area contributed by atoms with Gasteiger partial charge in [-0.1, -0.05) is 30.3 Å². The summed E-state index contributed by atoms with van der Waals surface area (Å²) in [5, 5.41) is 7.15. The Morgan fingerprint density at radius 3 is 2.47 bits per heavy atom. The third-order valence-corrected chi connectivity index (χ3v) is 7.28. The lowest BCUT2D eigenvalue weighted by molar-refractivity contribution is 0.312.